The fraction of sp³-hybridized carbons (Fsp3) is 0.364. The van der Waals surface area contributed by atoms with Crippen molar-refractivity contribution in [1.82, 2.24) is 0 Å². The minimum absolute atomic E-state index is 0.00186. The van der Waals surface area contributed by atoms with Crippen molar-refractivity contribution in [1.29, 1.82) is 0 Å². The summed E-state index contributed by atoms with van der Waals surface area (Å²) < 4.78 is 22.5. The summed E-state index contributed by atoms with van der Waals surface area (Å²) in [6, 6.07) is 5.85. The van der Waals surface area contributed by atoms with Crippen LogP contribution in [0, 0.1) is 10.1 Å². The number of benzene rings is 1. The van der Waals surface area contributed by atoms with Gasteiger partial charge in [-0.25, -0.2) is 8.42 Å². The van der Waals surface area contributed by atoms with Crippen LogP contribution in [-0.2, 0) is 9.84 Å². The summed E-state index contributed by atoms with van der Waals surface area (Å²) in [4.78, 5) is 14.3. The zero-order valence-corrected chi connectivity index (χ0v) is 10.3. The topological polar surface area (TPSA) is 89.6 Å². The monoisotopic (exact) mass is 268 g/mol. The molecule has 1 aliphatic heterocycles. The van der Waals surface area contributed by atoms with E-state index in [0.717, 1.165) is 0 Å². The Morgan fingerprint density at radius 3 is 2.83 bits per heavy atom. The summed E-state index contributed by atoms with van der Waals surface area (Å²) in [7, 11) is -2.94. The van der Waals surface area contributed by atoms with E-state index in [2.05, 4.69) is 4.99 Å². The van der Waals surface area contributed by atoms with Crippen molar-refractivity contribution in [2.75, 3.05) is 11.5 Å². The first kappa shape index (κ1) is 12.7. The summed E-state index contributed by atoms with van der Waals surface area (Å²) >= 11 is 0. The molecule has 0 aromatic heterocycles. The molecule has 0 aliphatic carbocycles. The molecule has 1 fully saturated rings. The molecular weight excluding hydrogens is 256 g/mol. The Hall–Kier alpha value is -1.76. The van der Waals surface area contributed by atoms with Crippen molar-refractivity contribution in [3.63, 3.8) is 0 Å². The highest BCUT2D eigenvalue weighted by atomic mass is 32.2. The highest BCUT2D eigenvalue weighted by Gasteiger charge is 2.26. The van der Waals surface area contributed by atoms with E-state index in [1.54, 1.807) is 12.1 Å². The summed E-state index contributed by atoms with van der Waals surface area (Å²) in [5.41, 5.74) is 0.603. The number of sulfone groups is 1. The molecule has 0 radical (unpaired) electrons. The Labute approximate surface area is 104 Å². The molecular formula is C11H12N2O4S. The van der Waals surface area contributed by atoms with Crippen LogP contribution in [0.25, 0.3) is 0 Å². The van der Waals surface area contributed by atoms with E-state index in [9.17, 15) is 18.5 Å². The van der Waals surface area contributed by atoms with Gasteiger partial charge in [0.1, 0.15) is 0 Å². The molecule has 7 heteroatoms. The van der Waals surface area contributed by atoms with Gasteiger partial charge in [-0.1, -0.05) is 12.1 Å². The predicted molar refractivity (Wildman–Crippen MR) is 67.7 cm³/mol. The third-order valence-electron chi connectivity index (χ3n) is 2.72. The van der Waals surface area contributed by atoms with Crippen LogP contribution in [0.3, 0.4) is 0 Å². The standard InChI is InChI=1S/C11H12N2O4S/c14-13(15)11-3-1-2-9(6-11)7-12-10-4-5-18(16,17)8-10/h1-3,6-7,10H,4-5,8H2/t10-/m1/s1. The first-order chi connectivity index (χ1) is 8.46. The lowest BCUT2D eigenvalue weighted by atomic mass is 10.2. The number of hydrogen-bond acceptors (Lipinski definition) is 5. The maximum Gasteiger partial charge on any atom is 0.270 e. The van der Waals surface area contributed by atoms with Crippen molar-refractivity contribution >= 4 is 21.7 Å². The number of hydrogen-bond donors (Lipinski definition) is 0. The number of nitro groups is 1. The molecule has 2 rings (SSSR count). The molecule has 1 aromatic rings. The van der Waals surface area contributed by atoms with Crippen molar-refractivity contribution in [3.05, 3.63) is 39.9 Å². The Balaban J connectivity index is 2.10. The SMILES string of the molecule is O=[N+]([O-])c1cccc(C=N[C@@H]2CCS(=O)(=O)C2)c1. The lowest BCUT2D eigenvalue weighted by molar-refractivity contribution is -0.384. The highest BCUT2D eigenvalue weighted by Crippen LogP contribution is 2.16. The molecule has 0 bridgehead atoms. The second-order valence-corrected chi connectivity index (χ2v) is 6.42. The zero-order valence-electron chi connectivity index (χ0n) is 9.52. The van der Waals surface area contributed by atoms with Crippen molar-refractivity contribution in [3.8, 4) is 0 Å². The van der Waals surface area contributed by atoms with E-state index in [4.69, 9.17) is 0 Å². The second kappa shape index (κ2) is 4.85. The molecule has 18 heavy (non-hydrogen) atoms. The minimum Gasteiger partial charge on any atom is -0.288 e. The van der Waals surface area contributed by atoms with Crippen LogP contribution in [0.4, 0.5) is 5.69 Å². The van der Waals surface area contributed by atoms with Gasteiger partial charge < -0.3 is 0 Å². The molecule has 1 saturated heterocycles. The Bertz CT molecular complexity index is 595. The van der Waals surface area contributed by atoms with Gasteiger partial charge >= 0.3 is 0 Å². The van der Waals surface area contributed by atoms with Gasteiger partial charge in [0.05, 0.1) is 22.5 Å². The van der Waals surface area contributed by atoms with E-state index in [-0.39, 0.29) is 23.2 Å². The van der Waals surface area contributed by atoms with Crippen LogP contribution in [-0.4, -0.2) is 37.1 Å². The van der Waals surface area contributed by atoms with Crippen molar-refractivity contribution < 1.29 is 13.3 Å². The Kier molecular flexibility index (Phi) is 3.42. The summed E-state index contributed by atoms with van der Waals surface area (Å²) in [5.74, 6) is 0.238. The fourth-order valence-corrected chi connectivity index (χ4v) is 3.44. The van der Waals surface area contributed by atoms with Crippen LogP contribution in [0.5, 0.6) is 0 Å². The second-order valence-electron chi connectivity index (χ2n) is 4.19. The van der Waals surface area contributed by atoms with Gasteiger partial charge in [0.2, 0.25) is 0 Å². The molecule has 1 heterocycles. The number of non-ortho nitro benzene ring substituents is 1. The summed E-state index contributed by atoms with van der Waals surface area (Å²) in [6.07, 6.45) is 2.02. The van der Waals surface area contributed by atoms with Crippen molar-refractivity contribution in [2.24, 2.45) is 4.99 Å². The van der Waals surface area contributed by atoms with E-state index in [0.29, 0.717) is 12.0 Å². The molecule has 0 spiro atoms. The minimum atomic E-state index is -2.94. The third kappa shape index (κ3) is 3.13. The fourth-order valence-electron chi connectivity index (χ4n) is 1.80. The van der Waals surface area contributed by atoms with E-state index >= 15 is 0 Å². The molecule has 1 atom stereocenters. The molecule has 0 unspecified atom stereocenters. The number of aliphatic imine (C=N–C) groups is 1. The van der Waals surface area contributed by atoms with Crippen LogP contribution >= 0.6 is 0 Å². The van der Waals surface area contributed by atoms with Crippen LogP contribution in [0.15, 0.2) is 29.3 Å². The van der Waals surface area contributed by atoms with Crippen LogP contribution in [0.2, 0.25) is 0 Å². The number of nitrogens with zero attached hydrogens (tertiary/aromatic N) is 2. The van der Waals surface area contributed by atoms with Gasteiger partial charge in [0.25, 0.3) is 5.69 Å². The van der Waals surface area contributed by atoms with Crippen LogP contribution < -0.4 is 0 Å². The highest BCUT2D eigenvalue weighted by molar-refractivity contribution is 7.91. The number of nitro benzene ring substituents is 1. The Morgan fingerprint density at radius 1 is 1.44 bits per heavy atom. The van der Waals surface area contributed by atoms with E-state index in [1.165, 1.54) is 18.3 Å². The summed E-state index contributed by atoms with van der Waals surface area (Å²) in [5, 5.41) is 10.6. The van der Waals surface area contributed by atoms with Crippen molar-refractivity contribution in [2.45, 2.75) is 12.5 Å². The molecule has 1 aliphatic rings. The average Bonchev–Trinajstić information content (AvgIpc) is 2.67. The van der Waals surface area contributed by atoms with E-state index in [1.807, 2.05) is 0 Å². The Morgan fingerprint density at radius 2 is 2.22 bits per heavy atom. The van der Waals surface area contributed by atoms with E-state index < -0.39 is 14.8 Å². The third-order valence-corrected chi connectivity index (χ3v) is 4.47. The molecule has 6 nitrogen and oxygen atoms in total. The smallest absolute Gasteiger partial charge is 0.270 e. The van der Waals surface area contributed by atoms with Gasteiger partial charge in [-0.15, -0.1) is 0 Å². The first-order valence-electron chi connectivity index (χ1n) is 5.44. The zero-order chi connectivity index (χ0) is 13.2. The van der Waals surface area contributed by atoms with Crippen LogP contribution in [0.1, 0.15) is 12.0 Å². The lowest BCUT2D eigenvalue weighted by Crippen LogP contribution is -2.07. The summed E-state index contributed by atoms with van der Waals surface area (Å²) in [6.45, 7) is 0. The van der Waals surface area contributed by atoms with Gasteiger partial charge in [-0.05, 0) is 12.0 Å². The predicted octanol–water partition coefficient (Wildman–Crippen LogP) is 1.20. The molecule has 0 saturated carbocycles. The van der Waals surface area contributed by atoms with Gasteiger partial charge in [0, 0.05) is 18.3 Å². The molecule has 96 valence electrons. The first-order valence-corrected chi connectivity index (χ1v) is 7.26. The maximum atomic E-state index is 11.2. The maximum absolute atomic E-state index is 11.2. The largest absolute Gasteiger partial charge is 0.288 e. The molecule has 1 aromatic carbocycles. The normalized spacial score (nSPS) is 22.3. The lowest BCUT2D eigenvalue weighted by Gasteiger charge is -1.99. The number of rotatable bonds is 3. The van der Waals surface area contributed by atoms with Gasteiger partial charge in [0.15, 0.2) is 9.84 Å². The average molecular weight is 268 g/mol. The van der Waals surface area contributed by atoms with Gasteiger partial charge in [-0.3, -0.25) is 15.1 Å². The van der Waals surface area contributed by atoms with Gasteiger partial charge in [-0.2, -0.15) is 0 Å². The molecule has 0 amide bonds. The molecule has 0 N–H and O–H groups in total. The quantitative estimate of drug-likeness (QED) is 0.468.